The Balaban J connectivity index is 2.25. The Labute approximate surface area is 152 Å². The predicted molar refractivity (Wildman–Crippen MR) is 97.1 cm³/mol. The molecule has 6 nitrogen and oxygen atoms in total. The van der Waals surface area contributed by atoms with Gasteiger partial charge in [-0.05, 0) is 42.3 Å². The second kappa shape index (κ2) is 7.53. The summed E-state index contributed by atoms with van der Waals surface area (Å²) in [5.74, 6) is -0.667. The number of carbonyl (C=O) groups is 1. The van der Waals surface area contributed by atoms with Gasteiger partial charge in [0.2, 0.25) is 10.0 Å². The van der Waals surface area contributed by atoms with Crippen LogP contribution < -0.4 is 5.32 Å². The van der Waals surface area contributed by atoms with Crippen LogP contribution in [0.1, 0.15) is 17.2 Å². The van der Waals surface area contributed by atoms with Crippen LogP contribution in [0.15, 0.2) is 47.4 Å². The van der Waals surface area contributed by atoms with Crippen molar-refractivity contribution in [2.75, 3.05) is 19.4 Å². The van der Waals surface area contributed by atoms with Crippen LogP contribution in [0.4, 0.5) is 5.69 Å². The Morgan fingerprint density at radius 3 is 2.32 bits per heavy atom. The fraction of sp³-hybridized carbons (Fsp3) is 0.235. The molecule has 0 aliphatic rings. The molecular formula is C17H19ClN2O4S. The lowest BCUT2D eigenvalue weighted by Crippen LogP contribution is -2.24. The van der Waals surface area contributed by atoms with Gasteiger partial charge in [-0.25, -0.2) is 12.7 Å². The topological polar surface area (TPSA) is 86.7 Å². The predicted octanol–water partition coefficient (Wildman–Crippen LogP) is 2.57. The number of rotatable bonds is 5. The molecule has 2 aromatic carbocycles. The molecule has 2 rings (SSSR count). The Morgan fingerprint density at radius 2 is 1.76 bits per heavy atom. The third-order valence-electron chi connectivity index (χ3n) is 3.65. The van der Waals surface area contributed by atoms with Gasteiger partial charge in [-0.2, -0.15) is 0 Å². The molecule has 0 saturated carbocycles. The van der Waals surface area contributed by atoms with Crippen molar-refractivity contribution in [3.05, 3.63) is 58.6 Å². The molecule has 0 saturated heterocycles. The number of benzene rings is 2. The zero-order valence-corrected chi connectivity index (χ0v) is 15.6. The number of hydrogen-bond donors (Lipinski definition) is 2. The van der Waals surface area contributed by atoms with E-state index >= 15 is 0 Å². The van der Waals surface area contributed by atoms with E-state index < -0.39 is 22.0 Å². The summed E-state index contributed by atoms with van der Waals surface area (Å²) in [6, 6.07) is 10.8. The normalized spacial score (nSPS) is 12.9. The maximum absolute atomic E-state index is 12.3. The van der Waals surface area contributed by atoms with Gasteiger partial charge >= 0.3 is 0 Å². The number of aryl methyl sites for hydroxylation is 1. The SMILES string of the molecule is Cc1ccc(NC(=O)C(O)c2ccc(Cl)cc2)cc1S(=O)(=O)N(C)C. The molecule has 1 unspecified atom stereocenters. The molecule has 25 heavy (non-hydrogen) atoms. The molecule has 1 atom stereocenters. The molecule has 0 aromatic heterocycles. The van der Waals surface area contributed by atoms with Gasteiger partial charge in [0.25, 0.3) is 5.91 Å². The number of aliphatic hydroxyl groups excluding tert-OH is 1. The number of aliphatic hydroxyl groups is 1. The zero-order valence-electron chi connectivity index (χ0n) is 14.0. The van der Waals surface area contributed by atoms with Crippen LogP contribution >= 0.6 is 11.6 Å². The summed E-state index contributed by atoms with van der Waals surface area (Å²) in [6.07, 6.45) is -1.40. The molecule has 0 spiro atoms. The number of nitrogens with one attached hydrogen (secondary N) is 1. The molecular weight excluding hydrogens is 364 g/mol. The lowest BCUT2D eigenvalue weighted by atomic mass is 10.1. The summed E-state index contributed by atoms with van der Waals surface area (Å²) < 4.78 is 25.8. The van der Waals surface area contributed by atoms with Crippen molar-refractivity contribution in [1.82, 2.24) is 4.31 Å². The molecule has 0 aliphatic heterocycles. The molecule has 2 aromatic rings. The van der Waals surface area contributed by atoms with Gasteiger partial charge < -0.3 is 10.4 Å². The minimum atomic E-state index is -3.64. The van der Waals surface area contributed by atoms with Crippen molar-refractivity contribution in [3.8, 4) is 0 Å². The van der Waals surface area contributed by atoms with Crippen molar-refractivity contribution in [2.45, 2.75) is 17.9 Å². The van der Waals surface area contributed by atoms with Gasteiger partial charge in [-0.15, -0.1) is 0 Å². The van der Waals surface area contributed by atoms with E-state index in [1.807, 2.05) is 0 Å². The first kappa shape index (κ1) is 19.4. The Hall–Kier alpha value is -1.93. The van der Waals surface area contributed by atoms with E-state index in [-0.39, 0.29) is 10.6 Å². The zero-order chi connectivity index (χ0) is 18.8. The Kier molecular flexibility index (Phi) is 5.84. The van der Waals surface area contributed by atoms with Crippen LogP contribution in [0.3, 0.4) is 0 Å². The van der Waals surface area contributed by atoms with E-state index in [0.29, 0.717) is 16.1 Å². The highest BCUT2D eigenvalue weighted by atomic mass is 35.5. The van der Waals surface area contributed by atoms with Crippen molar-refractivity contribution >= 4 is 33.2 Å². The van der Waals surface area contributed by atoms with E-state index in [4.69, 9.17) is 11.6 Å². The summed E-state index contributed by atoms with van der Waals surface area (Å²) in [5, 5.41) is 13.2. The van der Waals surface area contributed by atoms with Gasteiger partial charge in [0.15, 0.2) is 6.10 Å². The quantitative estimate of drug-likeness (QED) is 0.832. The van der Waals surface area contributed by atoms with Crippen LogP contribution in [0.2, 0.25) is 5.02 Å². The first-order valence-corrected chi connectivity index (χ1v) is 9.22. The molecule has 8 heteroatoms. The maximum Gasteiger partial charge on any atom is 0.257 e. The lowest BCUT2D eigenvalue weighted by molar-refractivity contribution is -0.124. The van der Waals surface area contributed by atoms with Crippen molar-refractivity contribution in [1.29, 1.82) is 0 Å². The average Bonchev–Trinajstić information content (AvgIpc) is 2.56. The van der Waals surface area contributed by atoms with E-state index in [2.05, 4.69) is 5.32 Å². The first-order chi connectivity index (χ1) is 11.6. The Morgan fingerprint density at radius 1 is 1.16 bits per heavy atom. The summed E-state index contributed by atoms with van der Waals surface area (Å²) >= 11 is 5.78. The van der Waals surface area contributed by atoms with Crippen LogP contribution in [0.5, 0.6) is 0 Å². The fourth-order valence-corrected chi connectivity index (χ4v) is 3.43. The third kappa shape index (κ3) is 4.38. The van der Waals surface area contributed by atoms with E-state index in [1.54, 1.807) is 43.3 Å². The van der Waals surface area contributed by atoms with Gasteiger partial charge in [-0.1, -0.05) is 29.8 Å². The number of halogens is 1. The molecule has 0 aliphatic carbocycles. The van der Waals surface area contributed by atoms with Crippen molar-refractivity contribution < 1.29 is 18.3 Å². The average molecular weight is 383 g/mol. The molecule has 0 bridgehead atoms. The molecule has 2 N–H and O–H groups in total. The van der Waals surface area contributed by atoms with Gasteiger partial charge in [-0.3, -0.25) is 4.79 Å². The number of carbonyl (C=O) groups excluding carboxylic acids is 1. The largest absolute Gasteiger partial charge is 0.378 e. The van der Waals surface area contributed by atoms with Crippen LogP contribution in [0.25, 0.3) is 0 Å². The highest BCUT2D eigenvalue weighted by molar-refractivity contribution is 7.89. The number of anilines is 1. The summed E-state index contributed by atoms with van der Waals surface area (Å²) in [4.78, 5) is 12.3. The molecule has 0 heterocycles. The van der Waals surface area contributed by atoms with E-state index in [1.165, 1.54) is 20.2 Å². The second-order valence-corrected chi connectivity index (χ2v) is 8.27. The van der Waals surface area contributed by atoms with Gasteiger partial charge in [0, 0.05) is 24.8 Å². The number of nitrogens with zero attached hydrogens (tertiary/aromatic N) is 1. The summed E-state index contributed by atoms with van der Waals surface area (Å²) in [6.45, 7) is 1.67. The van der Waals surface area contributed by atoms with Crippen LogP contribution in [-0.2, 0) is 14.8 Å². The summed E-state index contributed by atoms with van der Waals surface area (Å²) in [5.41, 5.74) is 1.23. The smallest absolute Gasteiger partial charge is 0.257 e. The van der Waals surface area contributed by atoms with Crippen LogP contribution in [-0.4, -0.2) is 37.8 Å². The lowest BCUT2D eigenvalue weighted by Gasteiger charge is -2.16. The Bertz CT molecular complexity index is 880. The van der Waals surface area contributed by atoms with Gasteiger partial charge in [0.05, 0.1) is 4.90 Å². The minimum absolute atomic E-state index is 0.0938. The standard InChI is InChI=1S/C17H19ClN2O4S/c1-11-4-9-14(10-15(11)25(23,24)20(2)3)19-17(22)16(21)12-5-7-13(18)8-6-12/h4-10,16,21H,1-3H3,(H,19,22). The van der Waals surface area contributed by atoms with Crippen molar-refractivity contribution in [3.63, 3.8) is 0 Å². The fourth-order valence-electron chi connectivity index (χ4n) is 2.16. The maximum atomic E-state index is 12.3. The molecule has 0 radical (unpaired) electrons. The van der Waals surface area contributed by atoms with Crippen molar-refractivity contribution in [2.24, 2.45) is 0 Å². The second-order valence-electron chi connectivity index (χ2n) is 5.71. The molecule has 0 fully saturated rings. The monoisotopic (exact) mass is 382 g/mol. The van der Waals surface area contributed by atoms with Crippen LogP contribution in [0, 0.1) is 6.92 Å². The summed E-state index contributed by atoms with van der Waals surface area (Å²) in [7, 11) is -0.768. The molecule has 1 amide bonds. The number of hydrogen-bond acceptors (Lipinski definition) is 4. The molecule has 134 valence electrons. The number of sulfonamides is 1. The van der Waals surface area contributed by atoms with E-state index in [9.17, 15) is 18.3 Å². The first-order valence-electron chi connectivity index (χ1n) is 7.40. The van der Waals surface area contributed by atoms with Gasteiger partial charge in [0.1, 0.15) is 0 Å². The minimum Gasteiger partial charge on any atom is -0.378 e. The van der Waals surface area contributed by atoms with E-state index in [0.717, 1.165) is 4.31 Å². The third-order valence-corrected chi connectivity index (χ3v) is 5.86. The number of amides is 1. The highest BCUT2D eigenvalue weighted by Crippen LogP contribution is 2.24. The highest BCUT2D eigenvalue weighted by Gasteiger charge is 2.22.